The van der Waals surface area contributed by atoms with E-state index in [0.717, 1.165) is 6.07 Å². The summed E-state index contributed by atoms with van der Waals surface area (Å²) < 4.78 is 28.4. The molecule has 0 radical (unpaired) electrons. The van der Waals surface area contributed by atoms with Crippen LogP contribution >= 0.6 is 24.0 Å². The predicted molar refractivity (Wildman–Crippen MR) is 90.9 cm³/mol. The van der Waals surface area contributed by atoms with Crippen LogP contribution in [0.1, 0.15) is 12.6 Å². The van der Waals surface area contributed by atoms with E-state index in [1.807, 2.05) is 6.92 Å². The Morgan fingerprint density at radius 3 is 2.65 bits per heavy atom. The van der Waals surface area contributed by atoms with Crippen LogP contribution in [0, 0.1) is 11.6 Å². The third kappa shape index (κ3) is 3.07. The van der Waals surface area contributed by atoms with E-state index in [4.69, 9.17) is 17.3 Å². The minimum atomic E-state index is -0.955. The van der Waals surface area contributed by atoms with Gasteiger partial charge in [-0.15, -0.1) is 12.4 Å². The van der Waals surface area contributed by atoms with Gasteiger partial charge in [0, 0.05) is 22.7 Å². The standard InChI is InChI=1S/C16H12ClF2N3.ClH/c1-2-12-10(3-4-13(20)22-12)14-15(19)11(18)6-8-5-9(17)7-21-16(8)14;/h3-7H,2H2,1H3,(H2,20,22);1H. The Morgan fingerprint density at radius 1 is 1.22 bits per heavy atom. The van der Waals surface area contributed by atoms with Crippen LogP contribution in [0.2, 0.25) is 5.02 Å². The van der Waals surface area contributed by atoms with Crippen molar-refractivity contribution in [2.75, 3.05) is 5.73 Å². The fourth-order valence-corrected chi connectivity index (χ4v) is 2.62. The second kappa shape index (κ2) is 6.64. The van der Waals surface area contributed by atoms with Crippen LogP contribution in [0.4, 0.5) is 14.6 Å². The zero-order chi connectivity index (χ0) is 15.9. The molecule has 0 saturated carbocycles. The lowest BCUT2D eigenvalue weighted by Crippen LogP contribution is -2.01. The molecule has 0 aliphatic carbocycles. The number of aromatic nitrogens is 2. The maximum Gasteiger partial charge on any atom is 0.168 e. The molecule has 2 heterocycles. The summed E-state index contributed by atoms with van der Waals surface area (Å²) in [5, 5.41) is 0.788. The van der Waals surface area contributed by atoms with Crippen LogP contribution in [-0.2, 0) is 6.42 Å². The molecule has 3 aromatic rings. The molecule has 2 aromatic heterocycles. The topological polar surface area (TPSA) is 51.8 Å². The quantitative estimate of drug-likeness (QED) is 0.718. The fourth-order valence-electron chi connectivity index (χ4n) is 2.46. The highest BCUT2D eigenvalue weighted by Crippen LogP contribution is 2.34. The molecule has 0 atom stereocenters. The van der Waals surface area contributed by atoms with Crippen molar-refractivity contribution in [3.05, 3.63) is 52.8 Å². The number of aryl methyl sites for hydroxylation is 1. The molecule has 3 nitrogen and oxygen atoms in total. The number of halogens is 4. The van der Waals surface area contributed by atoms with Crippen molar-refractivity contribution in [1.82, 2.24) is 9.97 Å². The molecule has 2 N–H and O–H groups in total. The van der Waals surface area contributed by atoms with Gasteiger partial charge in [0.15, 0.2) is 11.6 Å². The highest BCUT2D eigenvalue weighted by Gasteiger charge is 2.19. The molecule has 0 saturated heterocycles. The predicted octanol–water partition coefficient (Wildman–Crippen LogP) is 4.79. The van der Waals surface area contributed by atoms with E-state index in [1.165, 1.54) is 6.20 Å². The molecule has 0 bridgehead atoms. The van der Waals surface area contributed by atoms with Gasteiger partial charge in [0.1, 0.15) is 5.82 Å². The number of nitrogens with zero attached hydrogens (tertiary/aromatic N) is 2. The molecule has 0 aliphatic heterocycles. The molecule has 7 heteroatoms. The van der Waals surface area contributed by atoms with Crippen LogP contribution in [0.15, 0.2) is 30.5 Å². The molecular weight excluding hydrogens is 343 g/mol. The van der Waals surface area contributed by atoms with E-state index in [2.05, 4.69) is 9.97 Å². The van der Waals surface area contributed by atoms with Gasteiger partial charge in [-0.25, -0.2) is 13.8 Å². The average Bonchev–Trinajstić information content (AvgIpc) is 2.49. The van der Waals surface area contributed by atoms with Crippen molar-refractivity contribution in [3.8, 4) is 11.1 Å². The summed E-state index contributed by atoms with van der Waals surface area (Å²) in [5.41, 5.74) is 7.15. The summed E-state index contributed by atoms with van der Waals surface area (Å²) in [6, 6.07) is 5.82. The van der Waals surface area contributed by atoms with Gasteiger partial charge >= 0.3 is 0 Å². The number of fused-ring (bicyclic) bond motifs is 1. The van der Waals surface area contributed by atoms with Crippen LogP contribution in [0.25, 0.3) is 22.0 Å². The van der Waals surface area contributed by atoms with Gasteiger partial charge in [-0.3, -0.25) is 4.98 Å². The van der Waals surface area contributed by atoms with Gasteiger partial charge in [-0.2, -0.15) is 0 Å². The number of nitrogen functional groups attached to an aromatic ring is 1. The maximum absolute atomic E-state index is 14.4. The van der Waals surface area contributed by atoms with E-state index >= 15 is 0 Å². The summed E-state index contributed by atoms with van der Waals surface area (Å²) in [6.45, 7) is 1.87. The molecule has 23 heavy (non-hydrogen) atoms. The second-order valence-electron chi connectivity index (χ2n) is 4.86. The lowest BCUT2D eigenvalue weighted by atomic mass is 9.98. The van der Waals surface area contributed by atoms with Crippen molar-refractivity contribution in [3.63, 3.8) is 0 Å². The van der Waals surface area contributed by atoms with Gasteiger partial charge in [-0.05, 0) is 30.7 Å². The Balaban J connectivity index is 0.00000192. The first-order chi connectivity index (χ1) is 10.5. The average molecular weight is 356 g/mol. The minimum absolute atomic E-state index is 0. The summed E-state index contributed by atoms with van der Waals surface area (Å²) in [4.78, 5) is 8.36. The number of pyridine rings is 2. The van der Waals surface area contributed by atoms with Crippen LogP contribution < -0.4 is 5.73 Å². The zero-order valence-electron chi connectivity index (χ0n) is 12.1. The summed E-state index contributed by atoms with van der Waals surface area (Å²) in [7, 11) is 0. The monoisotopic (exact) mass is 355 g/mol. The molecule has 0 aliphatic rings. The Morgan fingerprint density at radius 2 is 1.96 bits per heavy atom. The van der Waals surface area contributed by atoms with Gasteiger partial charge in [-0.1, -0.05) is 18.5 Å². The highest BCUT2D eigenvalue weighted by atomic mass is 35.5. The molecule has 0 amide bonds. The Labute approximate surface area is 142 Å². The van der Waals surface area contributed by atoms with E-state index in [9.17, 15) is 8.78 Å². The van der Waals surface area contributed by atoms with Crippen LogP contribution in [-0.4, -0.2) is 9.97 Å². The van der Waals surface area contributed by atoms with Crippen LogP contribution in [0.3, 0.4) is 0 Å². The largest absolute Gasteiger partial charge is 0.384 e. The van der Waals surface area contributed by atoms with E-state index in [0.29, 0.717) is 39.4 Å². The van der Waals surface area contributed by atoms with E-state index in [-0.39, 0.29) is 18.0 Å². The van der Waals surface area contributed by atoms with Crippen molar-refractivity contribution in [2.45, 2.75) is 13.3 Å². The number of nitrogens with two attached hydrogens (primary N) is 1. The van der Waals surface area contributed by atoms with Crippen molar-refractivity contribution in [1.29, 1.82) is 0 Å². The van der Waals surface area contributed by atoms with E-state index in [1.54, 1.807) is 18.2 Å². The molecule has 0 fully saturated rings. The lowest BCUT2D eigenvalue weighted by molar-refractivity contribution is 0.513. The Bertz CT molecular complexity index is 885. The second-order valence-corrected chi connectivity index (χ2v) is 5.29. The van der Waals surface area contributed by atoms with E-state index < -0.39 is 11.6 Å². The molecular formula is C16H13Cl2F2N3. The molecule has 0 unspecified atom stereocenters. The van der Waals surface area contributed by atoms with Gasteiger partial charge in [0.05, 0.1) is 16.2 Å². The molecule has 3 rings (SSSR count). The first-order valence-corrected chi connectivity index (χ1v) is 7.08. The fraction of sp³-hybridized carbons (Fsp3) is 0.125. The van der Waals surface area contributed by atoms with Gasteiger partial charge in [0.2, 0.25) is 0 Å². The first kappa shape index (κ1) is 17.4. The SMILES string of the molecule is CCc1nc(N)ccc1-c1c(F)c(F)cc2cc(Cl)cnc12.Cl. The minimum Gasteiger partial charge on any atom is -0.384 e. The number of anilines is 1. The number of benzene rings is 1. The summed E-state index contributed by atoms with van der Waals surface area (Å²) >= 11 is 5.88. The van der Waals surface area contributed by atoms with Crippen LogP contribution in [0.5, 0.6) is 0 Å². The number of hydrogen-bond acceptors (Lipinski definition) is 3. The number of rotatable bonds is 2. The highest BCUT2D eigenvalue weighted by molar-refractivity contribution is 6.31. The van der Waals surface area contributed by atoms with Crippen molar-refractivity contribution in [2.24, 2.45) is 0 Å². The lowest BCUT2D eigenvalue weighted by Gasteiger charge is -2.12. The smallest absolute Gasteiger partial charge is 0.168 e. The number of hydrogen-bond donors (Lipinski definition) is 1. The molecule has 1 aromatic carbocycles. The third-order valence-corrected chi connectivity index (χ3v) is 3.64. The summed E-state index contributed by atoms with van der Waals surface area (Å²) in [6.07, 6.45) is 1.94. The maximum atomic E-state index is 14.4. The Hall–Kier alpha value is -1.98. The van der Waals surface area contributed by atoms with Gasteiger partial charge < -0.3 is 5.73 Å². The van der Waals surface area contributed by atoms with Crippen molar-refractivity contribution >= 4 is 40.7 Å². The van der Waals surface area contributed by atoms with Gasteiger partial charge in [0.25, 0.3) is 0 Å². The third-order valence-electron chi connectivity index (χ3n) is 3.43. The van der Waals surface area contributed by atoms with Crippen molar-refractivity contribution < 1.29 is 8.78 Å². The first-order valence-electron chi connectivity index (χ1n) is 6.70. The Kier molecular flexibility index (Phi) is 5.02. The summed E-state index contributed by atoms with van der Waals surface area (Å²) in [5.74, 6) is -1.58. The zero-order valence-corrected chi connectivity index (χ0v) is 13.7. The normalized spacial score (nSPS) is 10.6. The molecule has 0 spiro atoms. The molecule has 120 valence electrons.